The number of nitrogens with zero attached hydrogens (tertiary/aromatic N) is 2. The normalized spacial score (nSPS) is 10.1. The summed E-state index contributed by atoms with van der Waals surface area (Å²) in [5.41, 5.74) is 6.68. The summed E-state index contributed by atoms with van der Waals surface area (Å²) in [6.07, 6.45) is 3.19. The van der Waals surface area contributed by atoms with Crippen LogP contribution in [-0.2, 0) is 16.0 Å². The largest absolute Gasteiger partial charge is 0.468 e. The number of rotatable bonds is 5. The summed E-state index contributed by atoms with van der Waals surface area (Å²) in [5, 5.41) is 0.764. The molecule has 88 valence electrons. The van der Waals surface area contributed by atoms with Crippen molar-refractivity contribution in [2.75, 3.05) is 18.6 Å². The monoisotopic (exact) mass is 241 g/mol. The highest BCUT2D eigenvalue weighted by Crippen LogP contribution is 2.24. The molecule has 1 aromatic rings. The SMILES string of the molecule is CCCc1c(N)ncnc1SCC(=O)OC. The lowest BCUT2D eigenvalue weighted by Crippen LogP contribution is -2.06. The van der Waals surface area contributed by atoms with Gasteiger partial charge in [0.15, 0.2) is 0 Å². The Morgan fingerprint density at radius 1 is 1.56 bits per heavy atom. The number of nitrogens with two attached hydrogens (primary N) is 1. The van der Waals surface area contributed by atoms with Gasteiger partial charge >= 0.3 is 5.97 Å². The Labute approximate surface area is 98.8 Å². The Morgan fingerprint density at radius 3 is 2.94 bits per heavy atom. The summed E-state index contributed by atoms with van der Waals surface area (Å²) >= 11 is 1.33. The smallest absolute Gasteiger partial charge is 0.316 e. The third-order valence-electron chi connectivity index (χ3n) is 1.99. The summed E-state index contributed by atoms with van der Waals surface area (Å²) in [7, 11) is 1.37. The van der Waals surface area contributed by atoms with Gasteiger partial charge in [-0.1, -0.05) is 25.1 Å². The van der Waals surface area contributed by atoms with Crippen molar-refractivity contribution in [2.24, 2.45) is 0 Å². The standard InChI is InChI=1S/C10H15N3O2S/c1-3-4-7-9(11)12-6-13-10(7)16-5-8(14)15-2/h6H,3-5H2,1-2H3,(H2,11,12,13). The molecular weight excluding hydrogens is 226 g/mol. The minimum atomic E-state index is -0.273. The predicted molar refractivity (Wildman–Crippen MR) is 63.2 cm³/mol. The first-order valence-corrected chi connectivity index (χ1v) is 5.96. The van der Waals surface area contributed by atoms with Crippen LogP contribution in [-0.4, -0.2) is 28.8 Å². The molecule has 0 unspecified atom stereocenters. The number of esters is 1. The van der Waals surface area contributed by atoms with Crippen molar-refractivity contribution in [3.63, 3.8) is 0 Å². The molecule has 0 aliphatic carbocycles. The Kier molecular flexibility index (Phi) is 5.04. The highest BCUT2D eigenvalue weighted by Gasteiger charge is 2.11. The number of methoxy groups -OCH3 is 1. The average molecular weight is 241 g/mol. The minimum absolute atomic E-state index is 0.240. The first-order valence-electron chi connectivity index (χ1n) is 4.98. The Balaban J connectivity index is 2.78. The number of ether oxygens (including phenoxy) is 1. The third-order valence-corrected chi connectivity index (χ3v) is 3.00. The lowest BCUT2D eigenvalue weighted by molar-refractivity contribution is -0.137. The zero-order valence-corrected chi connectivity index (χ0v) is 10.2. The van der Waals surface area contributed by atoms with Crippen molar-refractivity contribution in [2.45, 2.75) is 24.8 Å². The van der Waals surface area contributed by atoms with Gasteiger partial charge in [0.1, 0.15) is 17.2 Å². The van der Waals surface area contributed by atoms with Gasteiger partial charge in [-0.05, 0) is 6.42 Å². The molecule has 0 aromatic carbocycles. The molecule has 0 saturated carbocycles. The van der Waals surface area contributed by atoms with Gasteiger partial charge in [0.2, 0.25) is 0 Å². The molecule has 0 amide bonds. The van der Waals surface area contributed by atoms with Crippen LogP contribution in [0.3, 0.4) is 0 Å². The Morgan fingerprint density at radius 2 is 2.31 bits per heavy atom. The van der Waals surface area contributed by atoms with Crippen LogP contribution in [0.2, 0.25) is 0 Å². The first kappa shape index (κ1) is 12.8. The number of hydrogen-bond acceptors (Lipinski definition) is 6. The Bertz CT molecular complexity index is 371. The first-order chi connectivity index (χ1) is 7.69. The van der Waals surface area contributed by atoms with Gasteiger partial charge in [0.05, 0.1) is 12.9 Å². The highest BCUT2D eigenvalue weighted by atomic mass is 32.2. The molecule has 1 rings (SSSR count). The maximum absolute atomic E-state index is 11.0. The number of anilines is 1. The predicted octanol–water partition coefficient (Wildman–Crippen LogP) is 1.28. The fraction of sp³-hybridized carbons (Fsp3) is 0.500. The van der Waals surface area contributed by atoms with Gasteiger partial charge in [-0.3, -0.25) is 4.79 Å². The van der Waals surface area contributed by atoms with Gasteiger partial charge in [0.25, 0.3) is 0 Å². The van der Waals surface area contributed by atoms with E-state index in [1.165, 1.54) is 25.2 Å². The van der Waals surface area contributed by atoms with E-state index in [1.807, 2.05) is 0 Å². The summed E-state index contributed by atoms with van der Waals surface area (Å²) < 4.78 is 4.57. The summed E-state index contributed by atoms with van der Waals surface area (Å²) in [6, 6.07) is 0. The quantitative estimate of drug-likeness (QED) is 0.475. The molecule has 0 bridgehead atoms. The molecule has 0 fully saturated rings. The molecule has 5 nitrogen and oxygen atoms in total. The zero-order chi connectivity index (χ0) is 12.0. The molecule has 0 spiro atoms. The van der Waals surface area contributed by atoms with Gasteiger partial charge in [0, 0.05) is 5.56 Å². The van der Waals surface area contributed by atoms with Gasteiger partial charge < -0.3 is 10.5 Å². The van der Waals surface area contributed by atoms with Crippen LogP contribution in [0.5, 0.6) is 0 Å². The molecule has 2 N–H and O–H groups in total. The summed E-state index contributed by atoms with van der Waals surface area (Å²) in [5.74, 6) is 0.456. The molecule has 0 aliphatic heterocycles. The van der Waals surface area contributed by atoms with Crippen LogP contribution < -0.4 is 5.73 Å². The van der Waals surface area contributed by atoms with E-state index in [9.17, 15) is 4.79 Å². The second-order valence-corrected chi connectivity index (χ2v) is 4.12. The summed E-state index contributed by atoms with van der Waals surface area (Å²) in [6.45, 7) is 2.06. The average Bonchev–Trinajstić information content (AvgIpc) is 2.29. The van der Waals surface area contributed by atoms with E-state index in [4.69, 9.17) is 5.73 Å². The molecular formula is C10H15N3O2S. The maximum atomic E-state index is 11.0. The topological polar surface area (TPSA) is 78.1 Å². The van der Waals surface area contributed by atoms with Crippen molar-refractivity contribution >= 4 is 23.5 Å². The molecule has 0 radical (unpaired) electrons. The van der Waals surface area contributed by atoms with Crippen LogP contribution in [0.15, 0.2) is 11.4 Å². The zero-order valence-electron chi connectivity index (χ0n) is 9.40. The number of aromatic nitrogens is 2. The van der Waals surface area contributed by atoms with E-state index in [0.29, 0.717) is 5.82 Å². The maximum Gasteiger partial charge on any atom is 0.316 e. The number of carbonyl (C=O) groups is 1. The van der Waals surface area contributed by atoms with Crippen molar-refractivity contribution in [1.82, 2.24) is 9.97 Å². The highest BCUT2D eigenvalue weighted by molar-refractivity contribution is 7.99. The number of thioether (sulfide) groups is 1. The molecule has 16 heavy (non-hydrogen) atoms. The molecule has 0 atom stereocenters. The lowest BCUT2D eigenvalue weighted by atomic mass is 10.2. The number of nitrogen functional groups attached to an aromatic ring is 1. The van der Waals surface area contributed by atoms with Crippen LogP contribution in [0, 0.1) is 0 Å². The fourth-order valence-corrected chi connectivity index (χ4v) is 2.08. The van der Waals surface area contributed by atoms with Gasteiger partial charge in [-0.25, -0.2) is 9.97 Å². The summed E-state index contributed by atoms with van der Waals surface area (Å²) in [4.78, 5) is 19.1. The van der Waals surface area contributed by atoms with Crippen LogP contribution in [0.1, 0.15) is 18.9 Å². The van der Waals surface area contributed by atoms with E-state index < -0.39 is 0 Å². The molecule has 1 aromatic heterocycles. The van der Waals surface area contributed by atoms with Gasteiger partial charge in [-0.2, -0.15) is 0 Å². The van der Waals surface area contributed by atoms with Crippen LogP contribution >= 0.6 is 11.8 Å². The van der Waals surface area contributed by atoms with Crippen molar-refractivity contribution in [3.8, 4) is 0 Å². The second kappa shape index (κ2) is 6.32. The van der Waals surface area contributed by atoms with Crippen molar-refractivity contribution < 1.29 is 9.53 Å². The number of hydrogen-bond donors (Lipinski definition) is 1. The second-order valence-electron chi connectivity index (χ2n) is 3.16. The lowest BCUT2D eigenvalue weighted by Gasteiger charge is -2.08. The molecule has 6 heteroatoms. The minimum Gasteiger partial charge on any atom is -0.468 e. The van der Waals surface area contributed by atoms with Crippen molar-refractivity contribution in [3.05, 3.63) is 11.9 Å². The third kappa shape index (κ3) is 3.37. The van der Waals surface area contributed by atoms with E-state index in [2.05, 4.69) is 21.6 Å². The van der Waals surface area contributed by atoms with E-state index in [0.717, 1.165) is 23.4 Å². The van der Waals surface area contributed by atoms with E-state index in [1.54, 1.807) is 0 Å². The van der Waals surface area contributed by atoms with Crippen LogP contribution in [0.25, 0.3) is 0 Å². The fourth-order valence-electron chi connectivity index (χ4n) is 1.20. The van der Waals surface area contributed by atoms with Gasteiger partial charge in [-0.15, -0.1) is 0 Å². The number of carbonyl (C=O) groups excluding carboxylic acids is 1. The molecule has 1 heterocycles. The van der Waals surface area contributed by atoms with Crippen molar-refractivity contribution in [1.29, 1.82) is 0 Å². The van der Waals surface area contributed by atoms with Crippen LogP contribution in [0.4, 0.5) is 5.82 Å². The molecule has 0 saturated heterocycles. The van der Waals surface area contributed by atoms with E-state index >= 15 is 0 Å². The molecule has 0 aliphatic rings. The Hall–Kier alpha value is -1.30. The van der Waals surface area contributed by atoms with E-state index in [-0.39, 0.29) is 11.7 Å².